The predicted octanol–water partition coefficient (Wildman–Crippen LogP) is 3.65. The van der Waals surface area contributed by atoms with Crippen molar-refractivity contribution in [2.75, 3.05) is 20.1 Å². The largest absolute Gasteiger partial charge is 0.316 e. The molecule has 21 heavy (non-hydrogen) atoms. The summed E-state index contributed by atoms with van der Waals surface area (Å²) in [7, 11) is 2.05. The zero-order chi connectivity index (χ0) is 14.7. The molecule has 1 aliphatic rings. The Kier molecular flexibility index (Phi) is 4.91. The first kappa shape index (κ1) is 15.0. The Labute approximate surface area is 135 Å². The molecule has 1 aromatic carbocycles. The van der Waals surface area contributed by atoms with Crippen LogP contribution in [0, 0.1) is 0 Å². The molecular formula is C16H20ClN3S. The van der Waals surface area contributed by atoms with E-state index in [0.717, 1.165) is 40.9 Å². The number of likely N-dealkylation sites (N-methyl/N-ethyl adjacent to an activating group) is 1. The minimum atomic E-state index is 0.612. The van der Waals surface area contributed by atoms with Crippen LogP contribution < -0.4 is 5.32 Å². The lowest BCUT2D eigenvalue weighted by Gasteiger charge is -2.31. The fourth-order valence-electron chi connectivity index (χ4n) is 2.80. The number of thiazole rings is 1. The first-order valence-electron chi connectivity index (χ1n) is 7.35. The van der Waals surface area contributed by atoms with Gasteiger partial charge in [-0.3, -0.25) is 4.90 Å². The molecule has 0 aliphatic carbocycles. The average molecular weight is 322 g/mol. The molecule has 0 saturated carbocycles. The normalized spacial score (nSPS) is 19.8. The fraction of sp³-hybridized carbons (Fsp3) is 0.438. The first-order valence-corrected chi connectivity index (χ1v) is 8.61. The summed E-state index contributed by atoms with van der Waals surface area (Å²) < 4.78 is 0. The van der Waals surface area contributed by atoms with Gasteiger partial charge in [-0.25, -0.2) is 4.98 Å². The van der Waals surface area contributed by atoms with Crippen molar-refractivity contribution in [1.29, 1.82) is 0 Å². The van der Waals surface area contributed by atoms with Crippen LogP contribution in [0.2, 0.25) is 5.02 Å². The van der Waals surface area contributed by atoms with Crippen LogP contribution in [0.1, 0.15) is 18.5 Å². The molecule has 1 unspecified atom stereocenters. The third-order valence-corrected chi connectivity index (χ3v) is 5.21. The summed E-state index contributed by atoms with van der Waals surface area (Å²) in [5, 5.41) is 7.32. The summed E-state index contributed by atoms with van der Waals surface area (Å²) in [6.07, 6.45) is 2.53. The monoisotopic (exact) mass is 321 g/mol. The molecule has 3 nitrogen and oxygen atoms in total. The molecule has 5 heteroatoms. The fourth-order valence-corrected chi connectivity index (χ4v) is 3.93. The van der Waals surface area contributed by atoms with E-state index in [2.05, 4.69) is 15.6 Å². The molecule has 1 aromatic heterocycles. The van der Waals surface area contributed by atoms with Gasteiger partial charge in [0.2, 0.25) is 0 Å². The second-order valence-corrected chi connectivity index (χ2v) is 6.75. The second-order valence-electron chi connectivity index (χ2n) is 5.49. The Morgan fingerprint density at radius 1 is 1.43 bits per heavy atom. The van der Waals surface area contributed by atoms with Crippen LogP contribution >= 0.6 is 22.9 Å². The average Bonchev–Trinajstić information content (AvgIpc) is 2.96. The van der Waals surface area contributed by atoms with E-state index in [4.69, 9.17) is 16.6 Å². The molecular weight excluding hydrogens is 302 g/mol. The zero-order valence-electron chi connectivity index (χ0n) is 12.2. The van der Waals surface area contributed by atoms with Crippen LogP contribution in [0.5, 0.6) is 0 Å². The van der Waals surface area contributed by atoms with Gasteiger partial charge in [-0.2, -0.15) is 0 Å². The number of piperidine rings is 1. The van der Waals surface area contributed by atoms with Gasteiger partial charge in [0.25, 0.3) is 0 Å². The van der Waals surface area contributed by atoms with Crippen molar-refractivity contribution in [2.45, 2.75) is 25.4 Å². The van der Waals surface area contributed by atoms with Crippen molar-refractivity contribution in [3.63, 3.8) is 0 Å². The molecule has 1 saturated heterocycles. The minimum Gasteiger partial charge on any atom is -0.316 e. The third kappa shape index (κ3) is 3.64. The van der Waals surface area contributed by atoms with Gasteiger partial charge < -0.3 is 5.32 Å². The van der Waals surface area contributed by atoms with E-state index in [0.29, 0.717) is 6.04 Å². The van der Waals surface area contributed by atoms with Gasteiger partial charge in [0.15, 0.2) is 0 Å². The molecule has 0 amide bonds. The molecule has 0 spiro atoms. The smallest absolute Gasteiger partial charge is 0.125 e. The number of benzene rings is 1. The molecule has 0 bridgehead atoms. The van der Waals surface area contributed by atoms with E-state index >= 15 is 0 Å². The number of rotatable bonds is 4. The lowest BCUT2D eigenvalue weighted by molar-refractivity contribution is 0.186. The van der Waals surface area contributed by atoms with E-state index in [-0.39, 0.29) is 0 Å². The number of aromatic nitrogens is 1. The van der Waals surface area contributed by atoms with Crippen LogP contribution in [0.4, 0.5) is 0 Å². The van der Waals surface area contributed by atoms with Gasteiger partial charge in [0, 0.05) is 30.1 Å². The summed E-state index contributed by atoms with van der Waals surface area (Å²) in [6, 6.07) is 8.51. The maximum atomic E-state index is 6.25. The van der Waals surface area contributed by atoms with Crippen molar-refractivity contribution in [3.05, 3.63) is 40.4 Å². The Bertz CT molecular complexity index is 599. The van der Waals surface area contributed by atoms with Gasteiger partial charge in [-0.15, -0.1) is 11.3 Å². The maximum Gasteiger partial charge on any atom is 0.125 e. The lowest BCUT2D eigenvalue weighted by Crippen LogP contribution is -2.43. The van der Waals surface area contributed by atoms with Crippen LogP contribution in [0.3, 0.4) is 0 Å². The molecule has 1 N–H and O–H groups in total. The van der Waals surface area contributed by atoms with Gasteiger partial charge in [0.1, 0.15) is 5.01 Å². The highest BCUT2D eigenvalue weighted by atomic mass is 35.5. The lowest BCUT2D eigenvalue weighted by atomic mass is 10.1. The van der Waals surface area contributed by atoms with Gasteiger partial charge >= 0.3 is 0 Å². The van der Waals surface area contributed by atoms with Crippen molar-refractivity contribution >= 4 is 22.9 Å². The number of hydrogen-bond acceptors (Lipinski definition) is 4. The van der Waals surface area contributed by atoms with E-state index in [9.17, 15) is 0 Å². The summed E-state index contributed by atoms with van der Waals surface area (Å²) in [4.78, 5) is 7.24. The summed E-state index contributed by atoms with van der Waals surface area (Å²) in [6.45, 7) is 3.20. The van der Waals surface area contributed by atoms with E-state index in [1.165, 1.54) is 12.8 Å². The summed E-state index contributed by atoms with van der Waals surface area (Å²) >= 11 is 7.92. The van der Waals surface area contributed by atoms with Gasteiger partial charge in [0.05, 0.1) is 10.7 Å². The standard InChI is InChI=1S/C16H20ClN3S/c1-18-12-5-4-8-20(9-12)10-13-11-21-16(19-13)14-6-2-3-7-15(14)17/h2-3,6-7,11-12,18H,4-5,8-10H2,1H3. The number of nitrogens with zero attached hydrogens (tertiary/aromatic N) is 2. The van der Waals surface area contributed by atoms with E-state index in [1.807, 2.05) is 31.3 Å². The number of nitrogens with one attached hydrogen (secondary N) is 1. The Morgan fingerprint density at radius 3 is 3.10 bits per heavy atom. The number of halogens is 1. The van der Waals surface area contributed by atoms with Crippen LogP contribution in [-0.4, -0.2) is 36.1 Å². The Balaban J connectivity index is 1.69. The second kappa shape index (κ2) is 6.88. The van der Waals surface area contributed by atoms with Crippen LogP contribution in [0.15, 0.2) is 29.6 Å². The van der Waals surface area contributed by atoms with Crippen LogP contribution in [0.25, 0.3) is 10.6 Å². The molecule has 1 atom stereocenters. The highest BCUT2D eigenvalue weighted by Crippen LogP contribution is 2.30. The summed E-state index contributed by atoms with van der Waals surface area (Å²) in [5.74, 6) is 0. The van der Waals surface area contributed by atoms with Gasteiger partial charge in [-0.05, 0) is 32.5 Å². The predicted molar refractivity (Wildman–Crippen MR) is 89.9 cm³/mol. The van der Waals surface area contributed by atoms with E-state index < -0.39 is 0 Å². The maximum absolute atomic E-state index is 6.25. The highest BCUT2D eigenvalue weighted by molar-refractivity contribution is 7.13. The quantitative estimate of drug-likeness (QED) is 0.931. The molecule has 0 radical (unpaired) electrons. The number of likely N-dealkylation sites (tertiary alicyclic amines) is 1. The van der Waals surface area contributed by atoms with Crippen molar-refractivity contribution in [3.8, 4) is 10.6 Å². The van der Waals surface area contributed by atoms with Crippen LogP contribution in [-0.2, 0) is 6.54 Å². The Hall–Kier alpha value is -0.940. The van der Waals surface area contributed by atoms with Crippen molar-refractivity contribution in [1.82, 2.24) is 15.2 Å². The SMILES string of the molecule is CNC1CCCN(Cc2csc(-c3ccccc3Cl)n2)C1. The molecule has 2 aromatic rings. The van der Waals surface area contributed by atoms with E-state index in [1.54, 1.807) is 11.3 Å². The van der Waals surface area contributed by atoms with Gasteiger partial charge in [-0.1, -0.05) is 29.8 Å². The van der Waals surface area contributed by atoms with Crippen molar-refractivity contribution < 1.29 is 0 Å². The molecule has 2 heterocycles. The molecule has 1 aliphatic heterocycles. The minimum absolute atomic E-state index is 0.612. The van der Waals surface area contributed by atoms with Crippen molar-refractivity contribution in [2.24, 2.45) is 0 Å². The Morgan fingerprint density at radius 2 is 2.29 bits per heavy atom. The molecule has 112 valence electrons. The summed E-state index contributed by atoms with van der Waals surface area (Å²) in [5.41, 5.74) is 2.17. The first-order chi connectivity index (χ1) is 10.3. The number of hydrogen-bond donors (Lipinski definition) is 1. The molecule has 1 fully saturated rings. The third-order valence-electron chi connectivity index (χ3n) is 3.96. The highest BCUT2D eigenvalue weighted by Gasteiger charge is 2.19. The topological polar surface area (TPSA) is 28.2 Å². The zero-order valence-corrected chi connectivity index (χ0v) is 13.8. The molecule has 3 rings (SSSR count).